The highest BCUT2D eigenvalue weighted by Gasteiger charge is 2.41. The lowest BCUT2D eigenvalue weighted by molar-refractivity contribution is -0.484. The van der Waals surface area contributed by atoms with E-state index in [9.17, 15) is 19.7 Å². The largest absolute Gasteiger partial charge is 0.443 e. The number of benzene rings is 1. The first kappa shape index (κ1) is 17.7. The number of ether oxygens (including phenoxy) is 1. The molecular formula is C17H20N2O5. The van der Waals surface area contributed by atoms with E-state index in [2.05, 4.69) is 0 Å². The van der Waals surface area contributed by atoms with Gasteiger partial charge in [-0.15, -0.1) is 0 Å². The zero-order chi connectivity index (χ0) is 17.9. The first-order valence-electron chi connectivity index (χ1n) is 7.60. The molecule has 1 aromatic rings. The summed E-state index contributed by atoms with van der Waals surface area (Å²) >= 11 is 0. The van der Waals surface area contributed by atoms with E-state index in [1.165, 1.54) is 12.2 Å². The van der Waals surface area contributed by atoms with Crippen molar-refractivity contribution in [3.05, 3.63) is 58.2 Å². The van der Waals surface area contributed by atoms with Gasteiger partial charge < -0.3 is 4.74 Å². The molecule has 0 saturated heterocycles. The standard InChI is InChI=1S/C17H20N2O5/c1-17(2,3)24-16(21)19-14(9-10-15(19)20)13(11-18(22)23)12-7-5-4-6-8-12/h4-10,13-14H,11H2,1-3H3/t13-,14+/m1/s1. The van der Waals surface area contributed by atoms with Crippen LogP contribution in [0.4, 0.5) is 4.79 Å². The minimum Gasteiger partial charge on any atom is -0.443 e. The van der Waals surface area contributed by atoms with Gasteiger partial charge in [-0.1, -0.05) is 36.4 Å². The third-order valence-corrected chi connectivity index (χ3v) is 3.55. The lowest BCUT2D eigenvalue weighted by Gasteiger charge is -2.30. The van der Waals surface area contributed by atoms with E-state index in [4.69, 9.17) is 4.74 Å². The van der Waals surface area contributed by atoms with Crippen molar-refractivity contribution in [2.75, 3.05) is 6.54 Å². The summed E-state index contributed by atoms with van der Waals surface area (Å²) in [4.78, 5) is 36.1. The molecule has 1 aliphatic heterocycles. The summed E-state index contributed by atoms with van der Waals surface area (Å²) in [6.07, 6.45) is 1.98. The minimum atomic E-state index is -0.799. The summed E-state index contributed by atoms with van der Waals surface area (Å²) in [5, 5.41) is 11.1. The molecule has 2 rings (SSSR count). The predicted octanol–water partition coefficient (Wildman–Crippen LogP) is 2.75. The summed E-state index contributed by atoms with van der Waals surface area (Å²) in [5.41, 5.74) is -0.0809. The number of carbonyl (C=O) groups excluding carboxylic acids is 2. The Morgan fingerprint density at radius 1 is 1.33 bits per heavy atom. The third-order valence-electron chi connectivity index (χ3n) is 3.55. The van der Waals surface area contributed by atoms with Crippen molar-refractivity contribution in [2.45, 2.75) is 38.3 Å². The molecule has 0 radical (unpaired) electrons. The second-order valence-corrected chi connectivity index (χ2v) is 6.57. The van der Waals surface area contributed by atoms with Crippen LogP contribution >= 0.6 is 0 Å². The van der Waals surface area contributed by atoms with Gasteiger partial charge in [0.2, 0.25) is 6.54 Å². The monoisotopic (exact) mass is 332 g/mol. The Kier molecular flexibility index (Phi) is 5.02. The fraction of sp³-hybridized carbons (Fsp3) is 0.412. The molecule has 0 aromatic heterocycles. The molecule has 2 amide bonds. The summed E-state index contributed by atoms with van der Waals surface area (Å²) in [6.45, 7) is 4.68. The predicted molar refractivity (Wildman–Crippen MR) is 87.1 cm³/mol. The number of hydrogen-bond acceptors (Lipinski definition) is 5. The lowest BCUT2D eigenvalue weighted by Crippen LogP contribution is -2.46. The van der Waals surface area contributed by atoms with Crippen molar-refractivity contribution in [3.63, 3.8) is 0 Å². The van der Waals surface area contributed by atoms with Crippen LogP contribution < -0.4 is 0 Å². The maximum atomic E-state index is 12.4. The summed E-state index contributed by atoms with van der Waals surface area (Å²) in [5.74, 6) is -1.17. The van der Waals surface area contributed by atoms with Crippen molar-refractivity contribution in [3.8, 4) is 0 Å². The van der Waals surface area contributed by atoms with Gasteiger partial charge in [-0.05, 0) is 26.3 Å². The van der Waals surface area contributed by atoms with Gasteiger partial charge in [-0.2, -0.15) is 0 Å². The summed E-state index contributed by atoms with van der Waals surface area (Å²) in [7, 11) is 0. The third kappa shape index (κ3) is 4.18. The molecule has 24 heavy (non-hydrogen) atoms. The minimum absolute atomic E-state index is 0.397. The van der Waals surface area contributed by atoms with Gasteiger partial charge in [0.25, 0.3) is 5.91 Å². The Morgan fingerprint density at radius 2 is 1.96 bits per heavy atom. The molecule has 0 unspecified atom stereocenters. The van der Waals surface area contributed by atoms with Gasteiger partial charge in [-0.3, -0.25) is 14.9 Å². The van der Waals surface area contributed by atoms with E-state index < -0.39 is 41.0 Å². The number of imide groups is 1. The Labute approximate surface area is 140 Å². The van der Waals surface area contributed by atoms with Crippen molar-refractivity contribution >= 4 is 12.0 Å². The first-order chi connectivity index (χ1) is 11.2. The zero-order valence-electron chi connectivity index (χ0n) is 13.8. The van der Waals surface area contributed by atoms with E-state index >= 15 is 0 Å². The van der Waals surface area contributed by atoms with Crippen LogP contribution in [0.3, 0.4) is 0 Å². The lowest BCUT2D eigenvalue weighted by atomic mass is 9.91. The molecule has 1 aliphatic rings. The van der Waals surface area contributed by atoms with Crippen LogP contribution in [-0.4, -0.2) is 40.0 Å². The molecule has 7 nitrogen and oxygen atoms in total. The molecule has 0 spiro atoms. The molecule has 1 heterocycles. The van der Waals surface area contributed by atoms with Crippen molar-refractivity contribution < 1.29 is 19.2 Å². The van der Waals surface area contributed by atoms with Crippen LogP contribution in [-0.2, 0) is 9.53 Å². The molecule has 1 aromatic carbocycles. The molecule has 0 aliphatic carbocycles. The first-order valence-corrected chi connectivity index (χ1v) is 7.60. The quantitative estimate of drug-likeness (QED) is 0.624. The molecule has 0 fully saturated rings. The summed E-state index contributed by atoms with van der Waals surface area (Å²) < 4.78 is 5.27. The number of nitro groups is 1. The molecule has 7 heteroatoms. The molecule has 2 atom stereocenters. The van der Waals surface area contributed by atoms with Crippen molar-refractivity contribution in [1.82, 2.24) is 4.90 Å². The van der Waals surface area contributed by atoms with E-state index in [1.54, 1.807) is 51.1 Å². The Hall–Kier alpha value is -2.70. The zero-order valence-corrected chi connectivity index (χ0v) is 13.8. The van der Waals surface area contributed by atoms with Crippen molar-refractivity contribution in [2.24, 2.45) is 0 Å². The molecule has 128 valence electrons. The molecule has 0 saturated carbocycles. The number of hydrogen-bond donors (Lipinski definition) is 0. The van der Waals surface area contributed by atoms with Crippen LogP contribution in [0.15, 0.2) is 42.5 Å². The number of rotatable bonds is 4. The topological polar surface area (TPSA) is 89.8 Å². The van der Waals surface area contributed by atoms with E-state index in [0.29, 0.717) is 5.56 Å². The van der Waals surface area contributed by atoms with Crippen LogP contribution in [0, 0.1) is 10.1 Å². The van der Waals surface area contributed by atoms with Crippen LogP contribution in [0.2, 0.25) is 0 Å². The summed E-state index contributed by atoms with van der Waals surface area (Å²) in [6, 6.07) is 8.07. The Morgan fingerprint density at radius 3 is 2.50 bits per heavy atom. The fourth-order valence-corrected chi connectivity index (χ4v) is 2.60. The molecule has 0 N–H and O–H groups in total. The number of nitrogens with zero attached hydrogens (tertiary/aromatic N) is 2. The SMILES string of the molecule is CC(C)(C)OC(=O)N1C(=O)C=C[C@H]1[C@H](C[N+](=O)[O-])c1ccccc1. The average molecular weight is 332 g/mol. The maximum Gasteiger partial charge on any atom is 0.417 e. The Balaban J connectivity index is 2.33. The van der Waals surface area contributed by atoms with E-state index in [-0.39, 0.29) is 0 Å². The average Bonchev–Trinajstić information content (AvgIpc) is 2.85. The van der Waals surface area contributed by atoms with Crippen LogP contribution in [0.5, 0.6) is 0 Å². The molecular weight excluding hydrogens is 312 g/mol. The van der Waals surface area contributed by atoms with Gasteiger partial charge in [0.1, 0.15) is 5.60 Å². The second kappa shape index (κ2) is 6.82. The normalized spacial score (nSPS) is 18.5. The van der Waals surface area contributed by atoms with Gasteiger partial charge in [-0.25, -0.2) is 9.69 Å². The van der Waals surface area contributed by atoms with Gasteiger partial charge >= 0.3 is 6.09 Å². The maximum absolute atomic E-state index is 12.4. The van der Waals surface area contributed by atoms with Crippen LogP contribution in [0.25, 0.3) is 0 Å². The highest BCUT2D eigenvalue weighted by Crippen LogP contribution is 2.29. The molecule has 0 bridgehead atoms. The highest BCUT2D eigenvalue weighted by atomic mass is 16.6. The highest BCUT2D eigenvalue weighted by molar-refractivity contribution is 6.01. The van der Waals surface area contributed by atoms with E-state index in [1.807, 2.05) is 0 Å². The number of amides is 2. The van der Waals surface area contributed by atoms with Gasteiger partial charge in [0.05, 0.1) is 12.0 Å². The second-order valence-electron chi connectivity index (χ2n) is 6.57. The van der Waals surface area contributed by atoms with Crippen molar-refractivity contribution in [1.29, 1.82) is 0 Å². The Bertz CT molecular complexity index is 663. The fourth-order valence-electron chi connectivity index (χ4n) is 2.60. The van der Waals surface area contributed by atoms with Gasteiger partial charge in [0, 0.05) is 11.0 Å². The van der Waals surface area contributed by atoms with Crippen LogP contribution in [0.1, 0.15) is 32.3 Å². The van der Waals surface area contributed by atoms with Gasteiger partial charge in [0.15, 0.2) is 0 Å². The number of carbonyl (C=O) groups is 2. The smallest absolute Gasteiger partial charge is 0.417 e. The van der Waals surface area contributed by atoms with E-state index in [0.717, 1.165) is 4.90 Å².